The summed E-state index contributed by atoms with van der Waals surface area (Å²) in [4.78, 5) is 21.9. The van der Waals surface area contributed by atoms with Crippen molar-refractivity contribution < 1.29 is 9.53 Å². The molecule has 180 valence electrons. The normalized spacial score (nSPS) is 17.2. The number of halogens is 1. The molecule has 0 unspecified atom stereocenters. The number of methoxy groups -OCH3 is 1. The maximum atomic E-state index is 13.5. The number of aromatic nitrogens is 1. The Morgan fingerprint density at radius 3 is 2.60 bits per heavy atom. The van der Waals surface area contributed by atoms with Crippen LogP contribution in [0.5, 0.6) is 5.75 Å². The lowest BCUT2D eigenvalue weighted by molar-refractivity contribution is 0.0977. The molecule has 5 rings (SSSR count). The number of amides is 1. The molecule has 0 aliphatic carbocycles. The molecule has 1 aromatic heterocycles. The van der Waals surface area contributed by atoms with E-state index in [1.165, 1.54) is 16.7 Å². The van der Waals surface area contributed by atoms with E-state index in [0.29, 0.717) is 17.3 Å². The van der Waals surface area contributed by atoms with Gasteiger partial charge in [-0.1, -0.05) is 53.6 Å². The number of pyridine rings is 1. The SMILES string of the molecule is COc1ccc(C=CCN2CCC3(CC2)CN(C(=O)c2ccnc(Cl)c2)c2ccc(C)cc23)cc1. The Morgan fingerprint density at radius 2 is 1.89 bits per heavy atom. The van der Waals surface area contributed by atoms with Crippen molar-refractivity contribution in [2.45, 2.75) is 25.2 Å². The number of hydrogen-bond donors (Lipinski definition) is 0. The van der Waals surface area contributed by atoms with Gasteiger partial charge in [0, 0.05) is 36.0 Å². The lowest BCUT2D eigenvalue weighted by atomic mass is 9.74. The number of fused-ring (bicyclic) bond motifs is 2. The average molecular weight is 488 g/mol. The van der Waals surface area contributed by atoms with Crippen LogP contribution >= 0.6 is 11.6 Å². The van der Waals surface area contributed by atoms with Gasteiger partial charge in [0.1, 0.15) is 10.9 Å². The fraction of sp³-hybridized carbons (Fsp3) is 0.310. The first kappa shape index (κ1) is 23.6. The standard InChI is InChI=1S/C29H30ClN3O2/c1-21-5-10-26-25(18-21)29(20-33(26)28(34)23-11-14-31-27(30)19-23)12-16-32(17-13-29)15-3-4-22-6-8-24(35-2)9-7-22/h3-11,14,18-19H,12-13,15-17,20H2,1-2H3. The molecular weight excluding hydrogens is 458 g/mol. The van der Waals surface area contributed by atoms with Crippen LogP contribution in [0.15, 0.2) is 66.9 Å². The first-order valence-corrected chi connectivity index (χ1v) is 12.4. The van der Waals surface area contributed by atoms with Crippen molar-refractivity contribution in [1.29, 1.82) is 0 Å². The number of rotatable bonds is 5. The number of piperidine rings is 1. The Hall–Kier alpha value is -3.15. The van der Waals surface area contributed by atoms with Gasteiger partial charge in [0.15, 0.2) is 0 Å². The van der Waals surface area contributed by atoms with Crippen LogP contribution in [-0.2, 0) is 5.41 Å². The number of carbonyl (C=O) groups is 1. The minimum absolute atomic E-state index is 0.00988. The molecule has 1 amide bonds. The van der Waals surface area contributed by atoms with Gasteiger partial charge in [-0.15, -0.1) is 0 Å². The van der Waals surface area contributed by atoms with Crippen molar-refractivity contribution in [3.8, 4) is 5.75 Å². The Labute approximate surface area is 212 Å². The minimum Gasteiger partial charge on any atom is -0.497 e. The second-order valence-corrected chi connectivity index (χ2v) is 9.92. The van der Waals surface area contributed by atoms with Crippen molar-refractivity contribution in [3.63, 3.8) is 0 Å². The van der Waals surface area contributed by atoms with E-state index in [2.05, 4.69) is 59.3 Å². The van der Waals surface area contributed by atoms with E-state index >= 15 is 0 Å². The largest absolute Gasteiger partial charge is 0.497 e. The summed E-state index contributed by atoms with van der Waals surface area (Å²) in [5.74, 6) is 0.858. The number of benzene rings is 2. The van der Waals surface area contributed by atoms with E-state index in [0.717, 1.165) is 43.9 Å². The topological polar surface area (TPSA) is 45.7 Å². The zero-order valence-electron chi connectivity index (χ0n) is 20.2. The Kier molecular flexibility index (Phi) is 6.63. The molecule has 3 heterocycles. The van der Waals surface area contributed by atoms with Crippen LogP contribution in [0.1, 0.15) is 39.9 Å². The van der Waals surface area contributed by atoms with E-state index < -0.39 is 0 Å². The van der Waals surface area contributed by atoms with Crippen LogP contribution in [0.4, 0.5) is 5.69 Å². The number of aryl methyl sites for hydroxylation is 1. The number of likely N-dealkylation sites (tertiary alicyclic amines) is 1. The van der Waals surface area contributed by atoms with Crippen LogP contribution in [0, 0.1) is 6.92 Å². The predicted octanol–water partition coefficient (Wildman–Crippen LogP) is 5.76. The lowest BCUT2D eigenvalue weighted by Gasteiger charge is -2.39. The van der Waals surface area contributed by atoms with Crippen molar-refractivity contribution in [2.24, 2.45) is 0 Å². The van der Waals surface area contributed by atoms with Gasteiger partial charge in [0.25, 0.3) is 5.91 Å². The molecule has 0 radical (unpaired) electrons. The number of ether oxygens (including phenoxy) is 1. The van der Waals surface area contributed by atoms with E-state index in [1.54, 1.807) is 25.4 Å². The highest BCUT2D eigenvalue weighted by Crippen LogP contribution is 2.47. The molecule has 2 aromatic carbocycles. The molecule has 2 aliphatic rings. The van der Waals surface area contributed by atoms with Crippen LogP contribution in [0.2, 0.25) is 5.15 Å². The maximum Gasteiger partial charge on any atom is 0.258 e. The average Bonchev–Trinajstić information content (AvgIpc) is 3.18. The fourth-order valence-corrected chi connectivity index (χ4v) is 5.47. The highest BCUT2D eigenvalue weighted by molar-refractivity contribution is 6.29. The monoisotopic (exact) mass is 487 g/mol. The zero-order valence-corrected chi connectivity index (χ0v) is 21.0. The van der Waals surface area contributed by atoms with Gasteiger partial charge in [-0.2, -0.15) is 0 Å². The lowest BCUT2D eigenvalue weighted by Crippen LogP contribution is -2.46. The maximum absolute atomic E-state index is 13.5. The third-order valence-electron chi connectivity index (χ3n) is 7.30. The third kappa shape index (κ3) is 4.84. The third-order valence-corrected chi connectivity index (χ3v) is 7.50. The molecule has 1 fully saturated rings. The second-order valence-electron chi connectivity index (χ2n) is 9.54. The fourth-order valence-electron chi connectivity index (χ4n) is 5.30. The van der Waals surface area contributed by atoms with Crippen molar-refractivity contribution in [1.82, 2.24) is 9.88 Å². The zero-order chi connectivity index (χ0) is 24.4. The Balaban J connectivity index is 1.29. The first-order chi connectivity index (χ1) is 17.0. The second kappa shape index (κ2) is 9.84. The van der Waals surface area contributed by atoms with E-state index in [4.69, 9.17) is 16.3 Å². The molecule has 5 nitrogen and oxygen atoms in total. The molecule has 0 N–H and O–H groups in total. The van der Waals surface area contributed by atoms with Gasteiger partial charge < -0.3 is 9.64 Å². The molecule has 0 saturated carbocycles. The summed E-state index contributed by atoms with van der Waals surface area (Å²) in [6.07, 6.45) is 8.05. The predicted molar refractivity (Wildman–Crippen MR) is 141 cm³/mol. The number of nitrogens with zero attached hydrogens (tertiary/aromatic N) is 3. The highest BCUT2D eigenvalue weighted by atomic mass is 35.5. The van der Waals surface area contributed by atoms with E-state index in [-0.39, 0.29) is 11.3 Å². The van der Waals surface area contributed by atoms with Crippen LogP contribution in [0.3, 0.4) is 0 Å². The highest BCUT2D eigenvalue weighted by Gasteiger charge is 2.46. The molecule has 0 bridgehead atoms. The number of anilines is 1. The summed E-state index contributed by atoms with van der Waals surface area (Å²) in [5.41, 5.74) is 5.30. The van der Waals surface area contributed by atoms with E-state index in [1.807, 2.05) is 17.0 Å². The smallest absolute Gasteiger partial charge is 0.258 e. The first-order valence-electron chi connectivity index (χ1n) is 12.0. The van der Waals surface area contributed by atoms with Gasteiger partial charge in [-0.3, -0.25) is 9.69 Å². The van der Waals surface area contributed by atoms with Gasteiger partial charge in [0.05, 0.1) is 7.11 Å². The molecule has 0 atom stereocenters. The Morgan fingerprint density at radius 1 is 1.11 bits per heavy atom. The van der Waals surface area contributed by atoms with Crippen molar-refractivity contribution >= 4 is 29.3 Å². The van der Waals surface area contributed by atoms with Crippen molar-refractivity contribution in [2.75, 3.05) is 38.2 Å². The van der Waals surface area contributed by atoms with Gasteiger partial charge >= 0.3 is 0 Å². The summed E-state index contributed by atoms with van der Waals surface area (Å²) >= 11 is 6.07. The summed E-state index contributed by atoms with van der Waals surface area (Å²) in [6, 6.07) is 18.0. The number of carbonyl (C=O) groups excluding carboxylic acids is 1. The van der Waals surface area contributed by atoms with Gasteiger partial charge in [0.2, 0.25) is 0 Å². The molecule has 6 heteroatoms. The van der Waals surface area contributed by atoms with Crippen LogP contribution in [-0.4, -0.2) is 49.1 Å². The van der Waals surface area contributed by atoms with E-state index in [9.17, 15) is 4.79 Å². The minimum atomic E-state index is -0.0128. The molecule has 1 spiro atoms. The summed E-state index contributed by atoms with van der Waals surface area (Å²) in [7, 11) is 1.68. The van der Waals surface area contributed by atoms with Crippen LogP contribution < -0.4 is 9.64 Å². The van der Waals surface area contributed by atoms with Gasteiger partial charge in [-0.05, 0) is 74.3 Å². The Bertz CT molecular complexity index is 1250. The summed E-state index contributed by atoms with van der Waals surface area (Å²) < 4.78 is 5.23. The molecule has 2 aliphatic heterocycles. The molecule has 35 heavy (non-hydrogen) atoms. The van der Waals surface area contributed by atoms with Crippen molar-refractivity contribution in [3.05, 3.63) is 94.3 Å². The van der Waals surface area contributed by atoms with Gasteiger partial charge in [-0.25, -0.2) is 4.98 Å². The number of hydrogen-bond acceptors (Lipinski definition) is 4. The van der Waals surface area contributed by atoms with Crippen LogP contribution in [0.25, 0.3) is 6.08 Å². The quantitative estimate of drug-likeness (QED) is 0.429. The molecular formula is C29H30ClN3O2. The summed E-state index contributed by atoms with van der Waals surface area (Å²) in [6.45, 7) is 5.76. The molecule has 1 saturated heterocycles. The molecule has 3 aromatic rings. The summed E-state index contributed by atoms with van der Waals surface area (Å²) in [5, 5.41) is 0.338.